The number of ether oxygens (including phenoxy) is 2. The molecule has 0 aliphatic carbocycles. The lowest BCUT2D eigenvalue weighted by Crippen LogP contribution is -2.43. The van der Waals surface area contributed by atoms with Crippen molar-refractivity contribution in [2.45, 2.75) is 57.8 Å². The van der Waals surface area contributed by atoms with Crippen LogP contribution in [-0.2, 0) is 25.7 Å². The van der Waals surface area contributed by atoms with Gasteiger partial charge in [0.15, 0.2) is 5.82 Å². The summed E-state index contributed by atoms with van der Waals surface area (Å²) in [5.41, 5.74) is 5.97. The maximum atomic E-state index is 15.0. The second-order valence-electron chi connectivity index (χ2n) is 8.14. The van der Waals surface area contributed by atoms with Crippen molar-refractivity contribution in [3.63, 3.8) is 0 Å². The maximum Gasteiger partial charge on any atom is 0.313 e. The summed E-state index contributed by atoms with van der Waals surface area (Å²) in [7, 11) is 0. The molecule has 170 valence electrons. The normalized spacial score (nSPS) is 18.1. The van der Waals surface area contributed by atoms with Crippen molar-refractivity contribution in [2.75, 3.05) is 31.1 Å². The van der Waals surface area contributed by atoms with E-state index in [1.807, 2.05) is 9.80 Å². The molecule has 2 heterocycles. The van der Waals surface area contributed by atoms with Crippen LogP contribution in [0, 0.1) is 11.2 Å². The van der Waals surface area contributed by atoms with Gasteiger partial charge in [-0.25, -0.2) is 4.39 Å². The summed E-state index contributed by atoms with van der Waals surface area (Å²) in [6, 6.07) is 5.07. The highest BCUT2D eigenvalue weighted by atomic mass is 19.1. The zero-order valence-corrected chi connectivity index (χ0v) is 17.9. The van der Waals surface area contributed by atoms with Gasteiger partial charge < -0.3 is 25.0 Å². The molecule has 2 aliphatic rings. The first-order chi connectivity index (χ1) is 14.8. The largest absolute Gasteiger partial charge is 0.460 e. The van der Waals surface area contributed by atoms with Gasteiger partial charge in [0.1, 0.15) is 18.9 Å². The fourth-order valence-electron chi connectivity index (χ4n) is 4.10. The van der Waals surface area contributed by atoms with E-state index in [9.17, 15) is 14.0 Å². The number of amidine groups is 1. The molecule has 1 aromatic rings. The second-order valence-corrected chi connectivity index (χ2v) is 8.14. The van der Waals surface area contributed by atoms with Gasteiger partial charge in [-0.05, 0) is 31.7 Å². The van der Waals surface area contributed by atoms with Crippen LogP contribution in [0.3, 0.4) is 0 Å². The average Bonchev–Trinajstić information content (AvgIpc) is 2.73. The fourth-order valence-corrected chi connectivity index (χ4v) is 4.10. The minimum atomic E-state index is -0.649. The number of amides is 1. The molecule has 0 atom stereocenters. The van der Waals surface area contributed by atoms with Crippen LogP contribution in [0.4, 0.5) is 10.1 Å². The van der Waals surface area contributed by atoms with Crippen LogP contribution in [0.5, 0.6) is 0 Å². The van der Waals surface area contributed by atoms with Gasteiger partial charge in [-0.2, -0.15) is 0 Å². The Morgan fingerprint density at radius 2 is 1.74 bits per heavy atom. The van der Waals surface area contributed by atoms with Gasteiger partial charge in [0.25, 0.3) is 0 Å². The minimum absolute atomic E-state index is 0.115. The third kappa shape index (κ3) is 6.40. The quantitative estimate of drug-likeness (QED) is 0.387. The number of rotatable bonds is 7. The third-order valence-corrected chi connectivity index (χ3v) is 5.84. The zero-order chi connectivity index (χ0) is 22.4. The first kappa shape index (κ1) is 23.0. The molecule has 3 N–H and O–H groups in total. The summed E-state index contributed by atoms with van der Waals surface area (Å²) in [5, 5.41) is 7.11. The molecule has 0 bridgehead atoms. The summed E-state index contributed by atoms with van der Waals surface area (Å²) in [4.78, 5) is 26.9. The van der Waals surface area contributed by atoms with E-state index in [4.69, 9.17) is 20.6 Å². The number of hydrogen-bond donors (Lipinski definition) is 2. The molecular weight excluding hydrogens is 403 g/mol. The smallest absolute Gasteiger partial charge is 0.313 e. The Labute approximate surface area is 182 Å². The number of anilines is 1. The summed E-state index contributed by atoms with van der Waals surface area (Å²) in [5.74, 6) is -1.21. The van der Waals surface area contributed by atoms with Crippen LogP contribution in [0.25, 0.3) is 0 Å². The average molecular weight is 435 g/mol. The molecule has 0 saturated carbocycles. The Morgan fingerprint density at radius 1 is 1.13 bits per heavy atom. The van der Waals surface area contributed by atoms with Crippen molar-refractivity contribution in [1.29, 1.82) is 5.41 Å². The van der Waals surface area contributed by atoms with Crippen molar-refractivity contribution in [1.82, 2.24) is 4.90 Å². The topological polar surface area (TPSA) is 109 Å². The molecule has 2 saturated heterocycles. The van der Waals surface area contributed by atoms with E-state index >= 15 is 0 Å². The number of carbonyl (C=O) groups is 2. The van der Waals surface area contributed by atoms with Crippen LogP contribution in [-0.4, -0.2) is 61.0 Å². The molecule has 0 spiro atoms. The first-order valence-electron chi connectivity index (χ1n) is 10.7. The Kier molecular flexibility index (Phi) is 7.84. The van der Waals surface area contributed by atoms with E-state index in [-0.39, 0.29) is 37.0 Å². The maximum absolute atomic E-state index is 15.0. The van der Waals surface area contributed by atoms with E-state index < -0.39 is 11.8 Å². The van der Waals surface area contributed by atoms with Crippen LogP contribution in [0.15, 0.2) is 18.2 Å². The molecule has 9 heteroatoms. The predicted molar refractivity (Wildman–Crippen MR) is 114 cm³/mol. The predicted octanol–water partition coefficient (Wildman–Crippen LogP) is 2.19. The molecule has 8 nitrogen and oxygen atoms in total. The Morgan fingerprint density at radius 3 is 2.32 bits per heavy atom. The number of likely N-dealkylation sites (tertiary alicyclic amines) is 1. The summed E-state index contributed by atoms with van der Waals surface area (Å²) >= 11 is 0. The Hall–Kier alpha value is -2.68. The fraction of sp³-hybridized carbons (Fsp3) is 0.591. The van der Waals surface area contributed by atoms with Crippen molar-refractivity contribution in [3.8, 4) is 0 Å². The molecule has 0 radical (unpaired) electrons. The van der Waals surface area contributed by atoms with Gasteiger partial charge in [-0.3, -0.25) is 15.0 Å². The van der Waals surface area contributed by atoms with E-state index in [0.717, 1.165) is 38.8 Å². The number of piperidine rings is 2. The first-order valence-corrected chi connectivity index (χ1v) is 10.7. The standard InChI is InChI=1S/C22H31FN4O4/c1-15(28)26-9-5-17(6-10-26)31-18-7-11-27(12-8-18)19-4-2-3-16(22(19)23)14-30-21(29)13-20(24)25/h2-4,17-18H,5-14H2,1H3,(H3,24,25). The molecular formula is C22H31FN4O4. The number of halogens is 1. The summed E-state index contributed by atoms with van der Waals surface area (Å²) in [6.07, 6.45) is 3.36. The highest BCUT2D eigenvalue weighted by Gasteiger charge is 2.27. The van der Waals surface area contributed by atoms with Gasteiger partial charge in [0.2, 0.25) is 5.91 Å². The summed E-state index contributed by atoms with van der Waals surface area (Å²) in [6.45, 7) is 4.26. The van der Waals surface area contributed by atoms with Gasteiger partial charge >= 0.3 is 5.97 Å². The van der Waals surface area contributed by atoms with E-state index in [0.29, 0.717) is 24.3 Å². The lowest BCUT2D eigenvalue weighted by atomic mass is 10.0. The van der Waals surface area contributed by atoms with Crippen LogP contribution in [0.1, 0.15) is 44.6 Å². The molecule has 1 amide bonds. The Balaban J connectivity index is 1.49. The number of esters is 1. The number of nitrogens with one attached hydrogen (secondary N) is 1. The monoisotopic (exact) mass is 434 g/mol. The zero-order valence-electron chi connectivity index (χ0n) is 17.9. The highest BCUT2D eigenvalue weighted by Crippen LogP contribution is 2.28. The van der Waals surface area contributed by atoms with E-state index in [1.54, 1.807) is 25.1 Å². The van der Waals surface area contributed by atoms with Crippen LogP contribution in [0.2, 0.25) is 0 Å². The third-order valence-electron chi connectivity index (χ3n) is 5.84. The molecule has 0 aromatic heterocycles. The van der Waals surface area contributed by atoms with Gasteiger partial charge in [0.05, 0.1) is 17.9 Å². The van der Waals surface area contributed by atoms with Crippen LogP contribution < -0.4 is 10.6 Å². The lowest BCUT2D eigenvalue weighted by molar-refractivity contribution is -0.143. The number of nitrogens with zero attached hydrogens (tertiary/aromatic N) is 2. The molecule has 3 rings (SSSR count). The molecule has 2 fully saturated rings. The number of carbonyl (C=O) groups excluding carboxylic acids is 2. The Bertz CT molecular complexity index is 803. The van der Waals surface area contributed by atoms with Crippen LogP contribution >= 0.6 is 0 Å². The molecule has 2 aliphatic heterocycles. The van der Waals surface area contributed by atoms with Gasteiger partial charge in [0, 0.05) is 38.7 Å². The van der Waals surface area contributed by atoms with Crippen molar-refractivity contribution in [3.05, 3.63) is 29.6 Å². The molecule has 31 heavy (non-hydrogen) atoms. The van der Waals surface area contributed by atoms with Crippen molar-refractivity contribution in [2.24, 2.45) is 5.73 Å². The van der Waals surface area contributed by atoms with Gasteiger partial charge in [-0.1, -0.05) is 12.1 Å². The second kappa shape index (κ2) is 10.6. The van der Waals surface area contributed by atoms with E-state index in [2.05, 4.69) is 0 Å². The molecule has 1 aromatic carbocycles. The van der Waals surface area contributed by atoms with Crippen molar-refractivity contribution < 1.29 is 23.5 Å². The van der Waals surface area contributed by atoms with Crippen molar-refractivity contribution >= 4 is 23.4 Å². The summed E-state index contributed by atoms with van der Waals surface area (Å²) < 4.78 is 26.3. The SMILES string of the molecule is CC(=O)N1CCC(OC2CCN(c3cccc(COC(=O)CC(=N)N)c3F)CC2)CC1. The number of hydrogen-bond acceptors (Lipinski definition) is 6. The lowest BCUT2D eigenvalue weighted by Gasteiger charge is -2.37. The van der Waals surface area contributed by atoms with E-state index in [1.165, 1.54) is 0 Å². The highest BCUT2D eigenvalue weighted by molar-refractivity contribution is 5.94. The number of nitrogens with two attached hydrogens (primary N) is 1. The van der Waals surface area contributed by atoms with Gasteiger partial charge in [-0.15, -0.1) is 0 Å². The molecule has 0 unspecified atom stereocenters. The number of benzene rings is 1. The minimum Gasteiger partial charge on any atom is -0.460 e.